The van der Waals surface area contributed by atoms with Crippen LogP contribution in [0.15, 0.2) is 0 Å². The van der Waals surface area contributed by atoms with Crippen molar-refractivity contribution in [2.45, 2.75) is 0 Å². The summed E-state index contributed by atoms with van der Waals surface area (Å²) < 4.78 is 31.6. The maximum absolute atomic E-state index is 8.74. The van der Waals surface area contributed by atoms with Gasteiger partial charge in [0, 0.05) is 19.5 Å². The molecule has 0 bridgehead atoms. The molecule has 0 saturated carbocycles. The molecule has 0 aromatic heterocycles. The third kappa shape index (κ3) is 147. The van der Waals surface area contributed by atoms with Gasteiger partial charge in [-0.2, -0.15) is 8.42 Å². The van der Waals surface area contributed by atoms with Gasteiger partial charge in [0.15, 0.2) is 0 Å². The zero-order chi connectivity index (χ0) is 4.50. The summed E-state index contributed by atoms with van der Waals surface area (Å²) in [5.74, 6) is 0. The zero-order valence-electron chi connectivity index (χ0n) is 5.33. The molecular formula is H5NaO5SZn. The summed E-state index contributed by atoms with van der Waals surface area (Å²) in [6.07, 6.45) is 0. The van der Waals surface area contributed by atoms with Crippen molar-refractivity contribution in [2.24, 2.45) is 0 Å². The van der Waals surface area contributed by atoms with Crippen molar-refractivity contribution in [1.29, 1.82) is 0 Å². The molecule has 0 heterocycles. The summed E-state index contributed by atoms with van der Waals surface area (Å²) in [4.78, 5) is 0. The summed E-state index contributed by atoms with van der Waals surface area (Å²) in [5, 5.41) is 0. The molecular weight excluding hydrogens is 200 g/mol. The van der Waals surface area contributed by atoms with E-state index in [-0.39, 0.29) is 55.9 Å². The van der Waals surface area contributed by atoms with Gasteiger partial charge in [0.1, 0.15) is 0 Å². The Bertz CT molecular complexity index is 100. The van der Waals surface area contributed by atoms with E-state index in [1.165, 1.54) is 0 Å². The second kappa shape index (κ2) is 8.45. The SMILES string of the molecule is O.O=S(=O)(O)O.[H-].[Na+].[Zn]. The fourth-order valence-electron chi connectivity index (χ4n) is 0. The van der Waals surface area contributed by atoms with Crippen molar-refractivity contribution in [3.8, 4) is 0 Å². The van der Waals surface area contributed by atoms with Crippen molar-refractivity contribution in [1.82, 2.24) is 0 Å². The van der Waals surface area contributed by atoms with Gasteiger partial charge >= 0.3 is 40.0 Å². The third-order valence-electron chi connectivity index (χ3n) is 0. The van der Waals surface area contributed by atoms with Gasteiger partial charge in [0.05, 0.1) is 0 Å². The Morgan fingerprint density at radius 3 is 1.25 bits per heavy atom. The second-order valence-corrected chi connectivity index (χ2v) is 1.34. The normalized spacial score (nSPS) is 7.25. The molecule has 8 heteroatoms. The van der Waals surface area contributed by atoms with Gasteiger partial charge in [0.2, 0.25) is 0 Å². The van der Waals surface area contributed by atoms with Crippen molar-refractivity contribution >= 4 is 10.4 Å². The predicted molar refractivity (Wildman–Crippen MR) is 18.9 cm³/mol. The molecule has 0 rings (SSSR count). The monoisotopic (exact) mass is 204 g/mol. The van der Waals surface area contributed by atoms with E-state index < -0.39 is 10.4 Å². The Labute approximate surface area is 83.3 Å². The third-order valence-corrected chi connectivity index (χ3v) is 0. The quantitative estimate of drug-likeness (QED) is 0.308. The number of rotatable bonds is 0. The summed E-state index contributed by atoms with van der Waals surface area (Å²) in [6, 6.07) is 0. The van der Waals surface area contributed by atoms with Crippen LogP contribution in [0.3, 0.4) is 0 Å². The van der Waals surface area contributed by atoms with E-state index in [1.807, 2.05) is 0 Å². The van der Waals surface area contributed by atoms with Gasteiger partial charge in [-0.1, -0.05) is 0 Å². The van der Waals surface area contributed by atoms with Gasteiger partial charge in [-0.15, -0.1) is 0 Å². The van der Waals surface area contributed by atoms with Crippen LogP contribution in [0.25, 0.3) is 0 Å². The van der Waals surface area contributed by atoms with Gasteiger partial charge in [0.25, 0.3) is 0 Å². The first-order valence-electron chi connectivity index (χ1n) is 0.698. The molecule has 0 aliphatic rings. The fraction of sp³-hybridized carbons (Fsp3) is 0. The molecule has 0 aromatic carbocycles. The predicted octanol–water partition coefficient (Wildman–Crippen LogP) is -4.36. The molecule has 0 spiro atoms. The molecule has 5 nitrogen and oxygen atoms in total. The van der Waals surface area contributed by atoms with E-state index in [4.69, 9.17) is 17.5 Å². The van der Waals surface area contributed by atoms with Crippen LogP contribution in [0.1, 0.15) is 1.43 Å². The van der Waals surface area contributed by atoms with Crippen LogP contribution in [0.5, 0.6) is 0 Å². The molecule has 0 amide bonds. The maximum Gasteiger partial charge on any atom is 1.00 e. The van der Waals surface area contributed by atoms with Gasteiger partial charge in [-0.25, -0.2) is 0 Å². The summed E-state index contributed by atoms with van der Waals surface area (Å²) in [5.41, 5.74) is 0. The number of hydrogen-bond donors (Lipinski definition) is 2. The van der Waals surface area contributed by atoms with E-state index in [9.17, 15) is 0 Å². The Kier molecular flexibility index (Phi) is 24.0. The molecule has 0 aliphatic carbocycles. The van der Waals surface area contributed by atoms with Crippen LogP contribution in [0.2, 0.25) is 0 Å². The van der Waals surface area contributed by atoms with Gasteiger partial charge < -0.3 is 6.90 Å². The topological polar surface area (TPSA) is 106 Å². The van der Waals surface area contributed by atoms with E-state index in [2.05, 4.69) is 0 Å². The number of hydrogen-bond acceptors (Lipinski definition) is 2. The summed E-state index contributed by atoms with van der Waals surface area (Å²) in [7, 11) is -4.67. The van der Waals surface area contributed by atoms with Crippen LogP contribution in [-0.2, 0) is 29.9 Å². The van der Waals surface area contributed by atoms with E-state index in [1.54, 1.807) is 0 Å². The standard InChI is InChI=1S/Na.H2O4S.H2O.Zn.H/c;1-5(2,3)4;;;/h;(H2,1,2,3,4);1H2;;/q+1;;;;-1. The van der Waals surface area contributed by atoms with Crippen LogP contribution in [-0.4, -0.2) is 23.0 Å². The molecule has 0 aromatic rings. The summed E-state index contributed by atoms with van der Waals surface area (Å²) in [6.45, 7) is 0. The van der Waals surface area contributed by atoms with Gasteiger partial charge in [-0.05, 0) is 0 Å². The molecule has 0 saturated heterocycles. The van der Waals surface area contributed by atoms with Crippen molar-refractivity contribution in [3.63, 3.8) is 0 Å². The average Bonchev–Trinajstić information content (AvgIpc) is 0.722. The van der Waals surface area contributed by atoms with Crippen molar-refractivity contribution in [2.75, 3.05) is 0 Å². The molecule has 0 aliphatic heterocycles. The molecule has 4 N–H and O–H groups in total. The molecule has 0 fully saturated rings. The Hall–Kier alpha value is 1.45. The first-order chi connectivity index (χ1) is 2.00. The van der Waals surface area contributed by atoms with Crippen LogP contribution in [0, 0.1) is 0 Å². The largest absolute Gasteiger partial charge is 1.00 e. The smallest absolute Gasteiger partial charge is 1.00 e. The van der Waals surface area contributed by atoms with Crippen LogP contribution < -0.4 is 29.6 Å². The summed E-state index contributed by atoms with van der Waals surface area (Å²) >= 11 is 0. The van der Waals surface area contributed by atoms with Crippen LogP contribution in [0.4, 0.5) is 0 Å². The molecule has 8 heavy (non-hydrogen) atoms. The average molecular weight is 205 g/mol. The van der Waals surface area contributed by atoms with E-state index in [0.717, 1.165) is 0 Å². The van der Waals surface area contributed by atoms with E-state index >= 15 is 0 Å². The minimum Gasteiger partial charge on any atom is -1.00 e. The van der Waals surface area contributed by atoms with Crippen molar-refractivity contribution in [3.05, 3.63) is 0 Å². The second-order valence-electron chi connectivity index (χ2n) is 0.448. The van der Waals surface area contributed by atoms with E-state index in [0.29, 0.717) is 0 Å². The Morgan fingerprint density at radius 2 is 1.25 bits per heavy atom. The Balaban J connectivity index is -0.0000000133. The maximum atomic E-state index is 8.74. The minimum atomic E-state index is -4.67. The fourth-order valence-corrected chi connectivity index (χ4v) is 0. The first-order valence-corrected chi connectivity index (χ1v) is 2.10. The molecule has 0 radical (unpaired) electrons. The van der Waals surface area contributed by atoms with Crippen molar-refractivity contribution < 1.29 is 73.5 Å². The molecule has 44 valence electrons. The molecule has 0 atom stereocenters. The van der Waals surface area contributed by atoms with Crippen LogP contribution >= 0.6 is 0 Å². The molecule has 0 unspecified atom stereocenters. The van der Waals surface area contributed by atoms with Gasteiger partial charge in [-0.3, -0.25) is 9.11 Å². The zero-order valence-corrected chi connectivity index (χ0v) is 10.1. The Morgan fingerprint density at radius 1 is 1.25 bits per heavy atom. The first kappa shape index (κ1) is 22.7. The minimum absolute atomic E-state index is 0.